The molecule has 0 atom stereocenters. The van der Waals surface area contributed by atoms with Crippen LogP contribution in [0.2, 0.25) is 0 Å². The number of hydrogen-bond acceptors (Lipinski definition) is 4. The van der Waals surface area contributed by atoms with Crippen LogP contribution in [-0.4, -0.2) is 48.1 Å². The predicted octanol–water partition coefficient (Wildman–Crippen LogP) is 1.37. The molecule has 0 spiro atoms. The fourth-order valence-electron chi connectivity index (χ4n) is 2.05. The highest BCUT2D eigenvalue weighted by atomic mass is 16.5. The Kier molecular flexibility index (Phi) is 3.52. The van der Waals surface area contributed by atoms with Gasteiger partial charge in [0.15, 0.2) is 0 Å². The zero-order valence-corrected chi connectivity index (χ0v) is 11.1. The number of carbonyl (C=O) groups is 1. The van der Waals surface area contributed by atoms with Crippen LogP contribution in [0.25, 0.3) is 0 Å². The average molecular weight is 249 g/mol. The van der Waals surface area contributed by atoms with Gasteiger partial charge < -0.3 is 15.0 Å². The van der Waals surface area contributed by atoms with E-state index in [2.05, 4.69) is 10.3 Å². The molecule has 1 N–H and O–H groups in total. The lowest BCUT2D eigenvalue weighted by atomic mass is 10.1. The molecule has 5 heteroatoms. The SMILES string of the molecule is CNc1ccnc(C(=O)N2CCOC(C)(C)C2)c1. The second kappa shape index (κ2) is 4.94. The van der Waals surface area contributed by atoms with E-state index in [1.165, 1.54) is 0 Å². The quantitative estimate of drug-likeness (QED) is 0.860. The van der Waals surface area contributed by atoms with Gasteiger partial charge in [0.25, 0.3) is 5.91 Å². The number of anilines is 1. The maximum atomic E-state index is 12.3. The van der Waals surface area contributed by atoms with Crippen molar-refractivity contribution < 1.29 is 9.53 Å². The zero-order valence-electron chi connectivity index (χ0n) is 11.1. The third-order valence-corrected chi connectivity index (χ3v) is 2.98. The molecule has 0 radical (unpaired) electrons. The molecule has 1 fully saturated rings. The summed E-state index contributed by atoms with van der Waals surface area (Å²) in [6.07, 6.45) is 1.64. The van der Waals surface area contributed by atoms with E-state index in [9.17, 15) is 4.79 Å². The fraction of sp³-hybridized carbons (Fsp3) is 0.538. The number of nitrogens with one attached hydrogen (secondary N) is 1. The maximum absolute atomic E-state index is 12.3. The Balaban J connectivity index is 2.15. The Bertz CT molecular complexity index is 446. The molecule has 1 aliphatic heterocycles. The van der Waals surface area contributed by atoms with Crippen LogP contribution in [0, 0.1) is 0 Å². The molecule has 0 bridgehead atoms. The fourth-order valence-corrected chi connectivity index (χ4v) is 2.05. The number of amides is 1. The van der Waals surface area contributed by atoms with Crippen LogP contribution in [0.1, 0.15) is 24.3 Å². The molecule has 1 aliphatic rings. The molecular weight excluding hydrogens is 230 g/mol. The van der Waals surface area contributed by atoms with Crippen LogP contribution in [0.3, 0.4) is 0 Å². The molecule has 5 nitrogen and oxygen atoms in total. The van der Waals surface area contributed by atoms with Crippen LogP contribution in [-0.2, 0) is 4.74 Å². The van der Waals surface area contributed by atoms with Crippen molar-refractivity contribution in [1.82, 2.24) is 9.88 Å². The number of nitrogens with zero attached hydrogens (tertiary/aromatic N) is 2. The number of carbonyl (C=O) groups excluding carboxylic acids is 1. The standard InChI is InChI=1S/C13H19N3O2/c1-13(2)9-16(6-7-18-13)12(17)11-8-10(14-3)4-5-15-11/h4-5,8H,6-7,9H2,1-3H3,(H,14,15). The molecule has 1 saturated heterocycles. The van der Waals surface area contributed by atoms with Crippen LogP contribution in [0.4, 0.5) is 5.69 Å². The van der Waals surface area contributed by atoms with Gasteiger partial charge in [-0.3, -0.25) is 9.78 Å². The van der Waals surface area contributed by atoms with Crippen molar-refractivity contribution in [3.05, 3.63) is 24.0 Å². The molecule has 0 aromatic carbocycles. The van der Waals surface area contributed by atoms with Crippen LogP contribution >= 0.6 is 0 Å². The minimum atomic E-state index is -0.283. The van der Waals surface area contributed by atoms with E-state index in [0.29, 0.717) is 25.4 Å². The minimum absolute atomic E-state index is 0.0384. The van der Waals surface area contributed by atoms with Gasteiger partial charge >= 0.3 is 0 Å². The number of rotatable bonds is 2. The monoisotopic (exact) mass is 249 g/mol. The van der Waals surface area contributed by atoms with E-state index in [4.69, 9.17) is 4.74 Å². The highest BCUT2D eigenvalue weighted by Crippen LogP contribution is 2.18. The van der Waals surface area contributed by atoms with Crippen molar-refractivity contribution in [3.8, 4) is 0 Å². The zero-order chi connectivity index (χ0) is 13.2. The lowest BCUT2D eigenvalue weighted by Crippen LogP contribution is -2.50. The topological polar surface area (TPSA) is 54.5 Å². The Morgan fingerprint density at radius 2 is 2.33 bits per heavy atom. The Labute approximate surface area is 107 Å². The van der Waals surface area contributed by atoms with E-state index in [1.807, 2.05) is 27.0 Å². The lowest BCUT2D eigenvalue weighted by Gasteiger charge is -2.38. The molecule has 2 rings (SSSR count). The van der Waals surface area contributed by atoms with Gasteiger partial charge in [0.2, 0.25) is 0 Å². The second-order valence-electron chi connectivity index (χ2n) is 5.01. The summed E-state index contributed by atoms with van der Waals surface area (Å²) in [4.78, 5) is 18.3. The molecular formula is C13H19N3O2. The molecule has 0 unspecified atom stereocenters. The Hall–Kier alpha value is -1.62. The summed E-state index contributed by atoms with van der Waals surface area (Å²) >= 11 is 0. The Morgan fingerprint density at radius 1 is 1.56 bits per heavy atom. The van der Waals surface area contributed by atoms with Crippen molar-refractivity contribution in [2.24, 2.45) is 0 Å². The molecule has 1 aromatic heterocycles. The Morgan fingerprint density at radius 3 is 3.00 bits per heavy atom. The van der Waals surface area contributed by atoms with Gasteiger partial charge in [-0.2, -0.15) is 0 Å². The predicted molar refractivity (Wildman–Crippen MR) is 69.7 cm³/mol. The largest absolute Gasteiger partial charge is 0.388 e. The first kappa shape index (κ1) is 12.8. The third-order valence-electron chi connectivity index (χ3n) is 2.98. The highest BCUT2D eigenvalue weighted by molar-refractivity contribution is 5.93. The first-order valence-electron chi connectivity index (χ1n) is 6.09. The van der Waals surface area contributed by atoms with Gasteiger partial charge in [-0.25, -0.2) is 0 Å². The first-order valence-corrected chi connectivity index (χ1v) is 6.09. The number of morpholine rings is 1. The summed E-state index contributed by atoms with van der Waals surface area (Å²) in [5, 5.41) is 3.01. The molecule has 2 heterocycles. The third kappa shape index (κ3) is 2.79. The van der Waals surface area contributed by atoms with E-state index in [1.54, 1.807) is 17.2 Å². The highest BCUT2D eigenvalue weighted by Gasteiger charge is 2.30. The van der Waals surface area contributed by atoms with Gasteiger partial charge in [0.1, 0.15) is 5.69 Å². The first-order chi connectivity index (χ1) is 8.52. The van der Waals surface area contributed by atoms with E-state index in [-0.39, 0.29) is 11.5 Å². The molecule has 18 heavy (non-hydrogen) atoms. The summed E-state index contributed by atoms with van der Waals surface area (Å²) in [7, 11) is 1.82. The maximum Gasteiger partial charge on any atom is 0.272 e. The smallest absolute Gasteiger partial charge is 0.272 e. The van der Waals surface area contributed by atoms with Gasteiger partial charge in [0, 0.05) is 32.0 Å². The van der Waals surface area contributed by atoms with Crippen LogP contribution < -0.4 is 5.32 Å². The van der Waals surface area contributed by atoms with Crippen molar-refractivity contribution in [3.63, 3.8) is 0 Å². The van der Waals surface area contributed by atoms with Crippen molar-refractivity contribution in [1.29, 1.82) is 0 Å². The average Bonchev–Trinajstić information content (AvgIpc) is 2.37. The molecule has 1 aromatic rings. The number of hydrogen-bond donors (Lipinski definition) is 1. The summed E-state index contributed by atoms with van der Waals surface area (Å²) in [6, 6.07) is 3.60. The van der Waals surface area contributed by atoms with E-state index < -0.39 is 0 Å². The lowest BCUT2D eigenvalue weighted by molar-refractivity contribution is -0.0765. The van der Waals surface area contributed by atoms with E-state index in [0.717, 1.165) is 5.69 Å². The summed E-state index contributed by atoms with van der Waals surface area (Å²) in [5.74, 6) is -0.0384. The molecule has 0 saturated carbocycles. The van der Waals surface area contributed by atoms with Crippen molar-refractivity contribution in [2.45, 2.75) is 19.4 Å². The van der Waals surface area contributed by atoms with E-state index >= 15 is 0 Å². The summed E-state index contributed by atoms with van der Waals surface area (Å²) in [5.41, 5.74) is 1.08. The second-order valence-corrected chi connectivity index (χ2v) is 5.01. The number of pyridine rings is 1. The number of ether oxygens (including phenoxy) is 1. The van der Waals surface area contributed by atoms with Crippen LogP contribution in [0.5, 0.6) is 0 Å². The normalized spacial score (nSPS) is 18.5. The molecule has 98 valence electrons. The molecule has 1 amide bonds. The van der Waals surface area contributed by atoms with Crippen molar-refractivity contribution >= 4 is 11.6 Å². The van der Waals surface area contributed by atoms with Gasteiger partial charge in [-0.1, -0.05) is 0 Å². The minimum Gasteiger partial charge on any atom is -0.388 e. The van der Waals surface area contributed by atoms with Gasteiger partial charge in [-0.05, 0) is 26.0 Å². The molecule has 0 aliphatic carbocycles. The summed E-state index contributed by atoms with van der Waals surface area (Å²) in [6.45, 7) is 5.77. The summed E-state index contributed by atoms with van der Waals surface area (Å²) < 4.78 is 5.60. The van der Waals surface area contributed by atoms with Gasteiger partial charge in [-0.15, -0.1) is 0 Å². The van der Waals surface area contributed by atoms with Crippen molar-refractivity contribution in [2.75, 3.05) is 32.1 Å². The van der Waals surface area contributed by atoms with Crippen LogP contribution in [0.15, 0.2) is 18.3 Å². The van der Waals surface area contributed by atoms with Gasteiger partial charge in [0.05, 0.1) is 12.2 Å². The number of aromatic nitrogens is 1.